The minimum atomic E-state index is -3.85. The minimum absolute atomic E-state index is 0.0552. The van der Waals surface area contributed by atoms with E-state index in [1.165, 1.54) is 49.8 Å². The monoisotopic (exact) mass is 497 g/mol. The first-order chi connectivity index (χ1) is 15.6. The van der Waals surface area contributed by atoms with Crippen molar-refractivity contribution in [3.63, 3.8) is 0 Å². The molecule has 33 heavy (non-hydrogen) atoms. The Morgan fingerprint density at radius 3 is 2.36 bits per heavy atom. The Balaban J connectivity index is 1.84. The van der Waals surface area contributed by atoms with Crippen molar-refractivity contribution < 1.29 is 31.1 Å². The van der Waals surface area contributed by atoms with E-state index in [0.29, 0.717) is 18.8 Å². The van der Waals surface area contributed by atoms with E-state index in [0.717, 1.165) is 4.31 Å². The summed E-state index contributed by atoms with van der Waals surface area (Å²) in [5, 5.41) is 2.68. The molecule has 0 atom stereocenters. The smallest absolute Gasteiger partial charge is 0.251 e. The molecule has 1 fully saturated rings. The summed E-state index contributed by atoms with van der Waals surface area (Å²) in [5.41, 5.74) is 0.525. The van der Waals surface area contributed by atoms with Gasteiger partial charge in [0.25, 0.3) is 5.91 Å². The van der Waals surface area contributed by atoms with Crippen molar-refractivity contribution in [1.29, 1.82) is 0 Å². The molecule has 12 heteroatoms. The number of morpholine rings is 1. The van der Waals surface area contributed by atoms with Gasteiger partial charge in [-0.05, 0) is 29.8 Å². The molecule has 0 spiro atoms. The van der Waals surface area contributed by atoms with Gasteiger partial charge in [-0.3, -0.25) is 4.79 Å². The van der Waals surface area contributed by atoms with Crippen LogP contribution in [-0.2, 0) is 31.3 Å². The summed E-state index contributed by atoms with van der Waals surface area (Å²) in [7, 11) is -3.49. The Morgan fingerprint density at radius 1 is 1.06 bits per heavy atom. The van der Waals surface area contributed by atoms with Crippen molar-refractivity contribution in [3.8, 4) is 5.75 Å². The molecule has 0 radical (unpaired) electrons. The highest BCUT2D eigenvalue weighted by Crippen LogP contribution is 2.27. The van der Waals surface area contributed by atoms with Gasteiger partial charge in [-0.1, -0.05) is 18.2 Å². The summed E-state index contributed by atoms with van der Waals surface area (Å²) in [4.78, 5) is 12.8. The average molecular weight is 498 g/mol. The highest BCUT2D eigenvalue weighted by Gasteiger charge is 2.28. The van der Waals surface area contributed by atoms with Gasteiger partial charge in [-0.2, -0.15) is 4.31 Å². The summed E-state index contributed by atoms with van der Waals surface area (Å²) < 4.78 is 64.1. The van der Waals surface area contributed by atoms with E-state index in [-0.39, 0.29) is 40.7 Å². The van der Waals surface area contributed by atoms with Gasteiger partial charge in [-0.15, -0.1) is 0 Å². The number of methoxy groups -OCH3 is 1. The number of rotatable bonds is 8. The van der Waals surface area contributed by atoms with Gasteiger partial charge < -0.3 is 14.8 Å². The van der Waals surface area contributed by atoms with Gasteiger partial charge in [0.15, 0.2) is 0 Å². The van der Waals surface area contributed by atoms with Gasteiger partial charge in [0, 0.05) is 39.3 Å². The third kappa shape index (κ3) is 5.36. The molecule has 1 saturated heterocycles. The van der Waals surface area contributed by atoms with E-state index in [1.807, 2.05) is 0 Å². The maximum atomic E-state index is 13.1. The maximum absolute atomic E-state index is 13.1. The zero-order valence-corrected chi connectivity index (χ0v) is 20.3. The number of carbonyl (C=O) groups excluding carboxylic acids is 1. The average Bonchev–Trinajstić information content (AvgIpc) is 2.82. The number of nitrogens with zero attached hydrogens (tertiary/aromatic N) is 2. The predicted molar refractivity (Wildman–Crippen MR) is 121 cm³/mol. The molecule has 0 aromatic heterocycles. The van der Waals surface area contributed by atoms with Gasteiger partial charge in [0.2, 0.25) is 20.0 Å². The molecular weight excluding hydrogens is 470 g/mol. The van der Waals surface area contributed by atoms with Crippen molar-refractivity contribution in [2.24, 2.45) is 0 Å². The first kappa shape index (κ1) is 25.1. The van der Waals surface area contributed by atoms with Crippen LogP contribution in [0.2, 0.25) is 0 Å². The number of ether oxygens (including phenoxy) is 2. The van der Waals surface area contributed by atoms with Crippen LogP contribution in [0.4, 0.5) is 0 Å². The number of nitrogens with one attached hydrogen (secondary N) is 1. The summed E-state index contributed by atoms with van der Waals surface area (Å²) in [6, 6.07) is 10.5. The number of carbonyl (C=O) groups is 1. The number of hydrogen-bond acceptors (Lipinski definition) is 7. The number of hydrogen-bond donors (Lipinski definition) is 1. The topological polar surface area (TPSA) is 122 Å². The molecule has 10 nitrogen and oxygen atoms in total. The molecule has 0 bridgehead atoms. The number of sulfonamides is 2. The highest BCUT2D eigenvalue weighted by molar-refractivity contribution is 7.89. The first-order valence-electron chi connectivity index (χ1n) is 10.1. The lowest BCUT2D eigenvalue weighted by molar-refractivity contribution is 0.0730. The summed E-state index contributed by atoms with van der Waals surface area (Å²) in [6.07, 6.45) is 0. The van der Waals surface area contributed by atoms with Crippen molar-refractivity contribution in [2.45, 2.75) is 16.3 Å². The lowest BCUT2D eigenvalue weighted by atomic mass is 10.2. The number of amides is 1. The summed E-state index contributed by atoms with van der Waals surface area (Å²) in [6.45, 7) is 1.12. The van der Waals surface area contributed by atoms with Crippen LogP contribution < -0.4 is 10.1 Å². The molecular formula is C21H27N3O7S2. The zero-order valence-electron chi connectivity index (χ0n) is 18.6. The van der Waals surface area contributed by atoms with Gasteiger partial charge >= 0.3 is 0 Å². The van der Waals surface area contributed by atoms with Crippen molar-refractivity contribution >= 4 is 26.0 Å². The van der Waals surface area contributed by atoms with E-state index in [4.69, 9.17) is 9.47 Å². The van der Waals surface area contributed by atoms with Crippen LogP contribution in [0.25, 0.3) is 0 Å². The second kappa shape index (κ2) is 10.2. The fourth-order valence-electron chi connectivity index (χ4n) is 3.32. The van der Waals surface area contributed by atoms with Crippen LogP contribution in [-0.4, -0.2) is 78.9 Å². The molecule has 0 unspecified atom stereocenters. The quantitative estimate of drug-likeness (QED) is 0.575. The third-order valence-electron chi connectivity index (χ3n) is 5.18. The molecule has 1 amide bonds. The van der Waals surface area contributed by atoms with E-state index in [2.05, 4.69) is 5.32 Å². The molecule has 2 aromatic rings. The van der Waals surface area contributed by atoms with Crippen molar-refractivity contribution in [3.05, 3.63) is 53.6 Å². The van der Waals surface area contributed by atoms with Gasteiger partial charge in [0.1, 0.15) is 10.6 Å². The van der Waals surface area contributed by atoms with Crippen LogP contribution in [0.3, 0.4) is 0 Å². The van der Waals surface area contributed by atoms with Crippen LogP contribution in [0, 0.1) is 0 Å². The molecule has 0 aliphatic carbocycles. The van der Waals surface area contributed by atoms with Gasteiger partial charge in [-0.25, -0.2) is 21.1 Å². The molecule has 1 N–H and O–H groups in total. The van der Waals surface area contributed by atoms with E-state index in [9.17, 15) is 21.6 Å². The Morgan fingerprint density at radius 2 is 1.73 bits per heavy atom. The molecule has 1 aliphatic rings. The third-order valence-corrected chi connectivity index (χ3v) is 9.02. The van der Waals surface area contributed by atoms with Crippen LogP contribution in [0.1, 0.15) is 15.9 Å². The SMILES string of the molecule is COc1ccc(C(=O)NCc2ccccc2S(=O)(=O)N2CCOCC2)cc1S(=O)(=O)N(C)C. The van der Waals surface area contributed by atoms with E-state index >= 15 is 0 Å². The Labute approximate surface area is 194 Å². The molecule has 3 rings (SSSR count). The second-order valence-electron chi connectivity index (χ2n) is 7.46. The molecule has 1 aliphatic heterocycles. The number of benzene rings is 2. The standard InChI is InChI=1S/C21H27N3O7S2/c1-23(2)32(26,27)20-14-16(8-9-18(20)30-3)21(25)22-15-17-6-4-5-7-19(17)33(28,29)24-10-12-31-13-11-24/h4-9,14H,10-13,15H2,1-3H3,(H,22,25). The molecule has 2 aromatic carbocycles. The normalized spacial score (nSPS) is 15.4. The second-order valence-corrected chi connectivity index (χ2v) is 11.5. The van der Waals surface area contributed by atoms with Crippen molar-refractivity contribution in [2.75, 3.05) is 47.5 Å². The van der Waals surface area contributed by atoms with Crippen molar-refractivity contribution in [1.82, 2.24) is 13.9 Å². The van der Waals surface area contributed by atoms with E-state index < -0.39 is 26.0 Å². The molecule has 0 saturated carbocycles. The lowest BCUT2D eigenvalue weighted by Crippen LogP contribution is -2.41. The van der Waals surface area contributed by atoms with Crippen LogP contribution in [0.15, 0.2) is 52.3 Å². The summed E-state index contributed by atoms with van der Waals surface area (Å²) in [5.74, 6) is -0.436. The Kier molecular flexibility index (Phi) is 7.75. The van der Waals surface area contributed by atoms with Crippen LogP contribution >= 0.6 is 0 Å². The highest BCUT2D eigenvalue weighted by atomic mass is 32.2. The molecule has 180 valence electrons. The van der Waals surface area contributed by atoms with Crippen LogP contribution in [0.5, 0.6) is 5.75 Å². The Bertz CT molecular complexity index is 1220. The molecule has 1 heterocycles. The first-order valence-corrected chi connectivity index (χ1v) is 13.0. The largest absolute Gasteiger partial charge is 0.495 e. The fourth-order valence-corrected chi connectivity index (χ4v) is 6.03. The minimum Gasteiger partial charge on any atom is -0.495 e. The van der Waals surface area contributed by atoms with Gasteiger partial charge in [0.05, 0.1) is 25.2 Å². The maximum Gasteiger partial charge on any atom is 0.251 e. The summed E-state index contributed by atoms with van der Waals surface area (Å²) >= 11 is 0. The predicted octanol–water partition coefficient (Wildman–Crippen LogP) is 0.896. The van der Waals surface area contributed by atoms with E-state index in [1.54, 1.807) is 18.2 Å². The fraction of sp³-hybridized carbons (Fsp3) is 0.381. The Hall–Kier alpha value is -2.51. The zero-order chi connectivity index (χ0) is 24.2. The lowest BCUT2D eigenvalue weighted by Gasteiger charge is -2.27.